The van der Waals surface area contributed by atoms with Crippen molar-refractivity contribution in [3.8, 4) is 0 Å². The quantitative estimate of drug-likeness (QED) is 0.909. The number of hydrogen-bond donors (Lipinski definition) is 1. The van der Waals surface area contributed by atoms with Gasteiger partial charge in [-0.05, 0) is 52.1 Å². The van der Waals surface area contributed by atoms with Crippen LogP contribution >= 0.6 is 11.3 Å². The molecule has 116 valence electrons. The molecule has 1 N–H and O–H groups in total. The molecule has 2 saturated heterocycles. The van der Waals surface area contributed by atoms with Gasteiger partial charge in [0.1, 0.15) is 0 Å². The van der Waals surface area contributed by atoms with E-state index in [9.17, 15) is 0 Å². The van der Waals surface area contributed by atoms with Crippen LogP contribution in [0.3, 0.4) is 0 Å². The van der Waals surface area contributed by atoms with Crippen LogP contribution in [-0.4, -0.2) is 49.2 Å². The van der Waals surface area contributed by atoms with E-state index in [1.807, 2.05) is 11.3 Å². The van der Waals surface area contributed by atoms with Gasteiger partial charge in [-0.3, -0.25) is 4.90 Å². The highest BCUT2D eigenvalue weighted by atomic mass is 32.1. The van der Waals surface area contributed by atoms with Crippen molar-refractivity contribution in [3.63, 3.8) is 0 Å². The van der Waals surface area contributed by atoms with E-state index in [-0.39, 0.29) is 0 Å². The molecular weight excluding hydrogens is 280 g/mol. The number of anilines is 1. The Morgan fingerprint density at radius 3 is 2.95 bits per heavy atom. The summed E-state index contributed by atoms with van der Waals surface area (Å²) in [6.07, 6.45) is 7.82. The predicted molar refractivity (Wildman–Crippen MR) is 88.3 cm³/mol. The van der Waals surface area contributed by atoms with Crippen LogP contribution in [-0.2, 0) is 6.42 Å². The number of nitrogens with one attached hydrogen (secondary N) is 1. The van der Waals surface area contributed by atoms with E-state index >= 15 is 0 Å². The molecule has 0 radical (unpaired) electrons. The van der Waals surface area contributed by atoms with E-state index < -0.39 is 0 Å². The van der Waals surface area contributed by atoms with Crippen molar-refractivity contribution in [2.45, 2.75) is 50.6 Å². The largest absolute Gasteiger partial charge is 0.346 e. The minimum atomic E-state index is 0.480. The Balaban J connectivity index is 1.57. The third-order valence-electron chi connectivity index (χ3n) is 5.37. The third kappa shape index (κ3) is 2.60. The molecule has 21 heavy (non-hydrogen) atoms. The summed E-state index contributed by atoms with van der Waals surface area (Å²) in [6, 6.07) is 1.25. The molecule has 0 aromatic carbocycles. The molecule has 1 aromatic heterocycles. The van der Waals surface area contributed by atoms with Crippen molar-refractivity contribution >= 4 is 16.5 Å². The molecular formula is C16H26N4S. The fourth-order valence-corrected chi connectivity index (χ4v) is 5.40. The van der Waals surface area contributed by atoms with E-state index in [2.05, 4.69) is 22.2 Å². The third-order valence-corrected chi connectivity index (χ3v) is 6.56. The van der Waals surface area contributed by atoms with Gasteiger partial charge in [-0.1, -0.05) is 0 Å². The molecule has 2 atom stereocenters. The second kappa shape index (κ2) is 5.86. The molecule has 2 aliphatic heterocycles. The van der Waals surface area contributed by atoms with Crippen molar-refractivity contribution in [2.24, 2.45) is 0 Å². The molecule has 1 aromatic rings. The highest BCUT2D eigenvalue weighted by Gasteiger charge is 2.31. The van der Waals surface area contributed by atoms with Gasteiger partial charge in [-0.15, -0.1) is 11.3 Å². The summed E-state index contributed by atoms with van der Waals surface area (Å²) < 4.78 is 0. The van der Waals surface area contributed by atoms with Crippen LogP contribution < -0.4 is 10.2 Å². The molecule has 3 aliphatic rings. The van der Waals surface area contributed by atoms with Gasteiger partial charge in [0, 0.05) is 30.6 Å². The van der Waals surface area contributed by atoms with Crippen molar-refractivity contribution in [1.82, 2.24) is 15.2 Å². The van der Waals surface area contributed by atoms with Gasteiger partial charge in [0.25, 0.3) is 0 Å². The summed E-state index contributed by atoms with van der Waals surface area (Å²) in [5.74, 6) is 0. The van der Waals surface area contributed by atoms with Crippen LogP contribution in [0.2, 0.25) is 0 Å². The normalized spacial score (nSPS) is 30.0. The Kier molecular flexibility index (Phi) is 3.90. The van der Waals surface area contributed by atoms with E-state index in [1.165, 1.54) is 80.4 Å². The summed E-state index contributed by atoms with van der Waals surface area (Å²) in [5, 5.41) is 4.73. The van der Waals surface area contributed by atoms with Crippen LogP contribution in [0.15, 0.2) is 0 Å². The molecule has 0 saturated carbocycles. The van der Waals surface area contributed by atoms with Crippen LogP contribution in [0, 0.1) is 0 Å². The Morgan fingerprint density at radius 2 is 2.05 bits per heavy atom. The van der Waals surface area contributed by atoms with Crippen LogP contribution in [0.4, 0.5) is 5.13 Å². The molecule has 2 unspecified atom stereocenters. The Labute approximate surface area is 131 Å². The summed E-state index contributed by atoms with van der Waals surface area (Å²) in [4.78, 5) is 11.9. The first-order valence-electron chi connectivity index (χ1n) is 8.51. The zero-order chi connectivity index (χ0) is 14.2. The van der Waals surface area contributed by atoms with Gasteiger partial charge in [-0.2, -0.15) is 0 Å². The average molecular weight is 306 g/mol. The van der Waals surface area contributed by atoms with Gasteiger partial charge in [-0.25, -0.2) is 4.98 Å². The fraction of sp³-hybridized carbons (Fsp3) is 0.812. The summed E-state index contributed by atoms with van der Waals surface area (Å²) in [5.41, 5.74) is 1.34. The second-order valence-corrected chi connectivity index (χ2v) is 7.73. The lowest BCUT2D eigenvalue weighted by atomic mass is 9.98. The lowest BCUT2D eigenvalue weighted by Crippen LogP contribution is -2.36. The first-order chi connectivity index (χ1) is 10.3. The standard InChI is InChI=1S/C16H26N4S/c1-17-13-6-2-7-14-15(13)18-16(21-14)20-10-4-9-19-8-3-5-12(19)11-20/h12-13,17H,2-11H2,1H3. The lowest BCUT2D eigenvalue weighted by molar-refractivity contribution is 0.273. The van der Waals surface area contributed by atoms with Crippen molar-refractivity contribution < 1.29 is 0 Å². The monoisotopic (exact) mass is 306 g/mol. The first kappa shape index (κ1) is 14.0. The van der Waals surface area contributed by atoms with E-state index in [0.29, 0.717) is 6.04 Å². The van der Waals surface area contributed by atoms with E-state index in [4.69, 9.17) is 4.98 Å². The van der Waals surface area contributed by atoms with Gasteiger partial charge in [0.15, 0.2) is 5.13 Å². The minimum Gasteiger partial charge on any atom is -0.346 e. The zero-order valence-corrected chi connectivity index (χ0v) is 13.8. The topological polar surface area (TPSA) is 31.4 Å². The summed E-state index contributed by atoms with van der Waals surface area (Å²) >= 11 is 1.96. The fourth-order valence-electron chi connectivity index (χ4n) is 4.20. The van der Waals surface area contributed by atoms with Crippen molar-refractivity contribution in [1.29, 1.82) is 0 Å². The van der Waals surface area contributed by atoms with Crippen molar-refractivity contribution in [2.75, 3.05) is 38.1 Å². The number of fused-ring (bicyclic) bond motifs is 2. The van der Waals surface area contributed by atoms with Crippen LogP contribution in [0.5, 0.6) is 0 Å². The van der Waals surface area contributed by atoms with Crippen LogP contribution in [0.25, 0.3) is 0 Å². The molecule has 4 nitrogen and oxygen atoms in total. The Bertz CT molecular complexity index is 500. The molecule has 4 rings (SSSR count). The van der Waals surface area contributed by atoms with Gasteiger partial charge in [0.05, 0.1) is 11.7 Å². The number of hydrogen-bond acceptors (Lipinski definition) is 5. The lowest BCUT2D eigenvalue weighted by Gasteiger charge is -2.25. The number of aromatic nitrogens is 1. The SMILES string of the molecule is CNC1CCCc2sc(N3CCCN4CCCC4C3)nc21. The molecule has 2 fully saturated rings. The van der Waals surface area contributed by atoms with E-state index in [0.717, 1.165) is 6.04 Å². The Morgan fingerprint density at radius 1 is 1.14 bits per heavy atom. The highest BCUT2D eigenvalue weighted by Crippen LogP contribution is 2.37. The average Bonchev–Trinajstić information content (AvgIpc) is 3.08. The van der Waals surface area contributed by atoms with Gasteiger partial charge >= 0.3 is 0 Å². The second-order valence-electron chi connectivity index (χ2n) is 6.67. The number of aryl methyl sites for hydroxylation is 1. The molecule has 0 bridgehead atoms. The summed E-state index contributed by atoms with van der Waals surface area (Å²) in [7, 11) is 2.07. The smallest absolute Gasteiger partial charge is 0.185 e. The molecule has 5 heteroatoms. The maximum Gasteiger partial charge on any atom is 0.185 e. The molecule has 3 heterocycles. The maximum absolute atomic E-state index is 5.05. The number of rotatable bonds is 2. The zero-order valence-electron chi connectivity index (χ0n) is 13.0. The number of nitrogens with zero attached hydrogens (tertiary/aromatic N) is 3. The predicted octanol–water partition coefficient (Wildman–Crippen LogP) is 2.41. The van der Waals surface area contributed by atoms with Crippen molar-refractivity contribution in [3.05, 3.63) is 10.6 Å². The molecule has 0 spiro atoms. The number of thiazole rings is 1. The van der Waals surface area contributed by atoms with Gasteiger partial charge in [0.2, 0.25) is 0 Å². The molecule has 1 aliphatic carbocycles. The summed E-state index contributed by atoms with van der Waals surface area (Å²) in [6.45, 7) is 4.97. The highest BCUT2D eigenvalue weighted by molar-refractivity contribution is 7.15. The maximum atomic E-state index is 5.05. The van der Waals surface area contributed by atoms with Crippen LogP contribution in [0.1, 0.15) is 48.7 Å². The first-order valence-corrected chi connectivity index (χ1v) is 9.32. The van der Waals surface area contributed by atoms with Gasteiger partial charge < -0.3 is 10.2 Å². The molecule has 0 amide bonds. The van der Waals surface area contributed by atoms with E-state index in [1.54, 1.807) is 0 Å². The minimum absolute atomic E-state index is 0.480. The Hall–Kier alpha value is -0.650.